The van der Waals surface area contributed by atoms with Gasteiger partial charge in [-0.25, -0.2) is 9.97 Å². The highest BCUT2D eigenvalue weighted by Gasteiger charge is 2.22. The summed E-state index contributed by atoms with van der Waals surface area (Å²) in [5.41, 5.74) is 3.74. The van der Waals surface area contributed by atoms with Crippen molar-refractivity contribution in [2.75, 3.05) is 6.54 Å². The van der Waals surface area contributed by atoms with Gasteiger partial charge >= 0.3 is 0 Å². The zero-order chi connectivity index (χ0) is 18.5. The van der Waals surface area contributed by atoms with Crippen molar-refractivity contribution >= 4 is 28.7 Å². The molecule has 0 fully saturated rings. The number of hydrogen-bond donors (Lipinski definition) is 0. The van der Waals surface area contributed by atoms with Crippen LogP contribution in [0.15, 0.2) is 59.6 Å². The van der Waals surface area contributed by atoms with Crippen molar-refractivity contribution in [2.24, 2.45) is 0 Å². The van der Waals surface area contributed by atoms with E-state index in [-0.39, 0.29) is 11.2 Å². The maximum Gasteiger partial charge on any atom is 0.236 e. The SMILES string of the molecule is CCN(Cc1ccccc1)C(=O)C(C)Sc1nc2ccccc2nc1C. The van der Waals surface area contributed by atoms with Gasteiger partial charge in [-0.2, -0.15) is 0 Å². The Morgan fingerprint density at radius 1 is 1.04 bits per heavy atom. The van der Waals surface area contributed by atoms with E-state index in [1.165, 1.54) is 11.8 Å². The van der Waals surface area contributed by atoms with Gasteiger partial charge in [0, 0.05) is 13.1 Å². The van der Waals surface area contributed by atoms with Crippen LogP contribution < -0.4 is 0 Å². The van der Waals surface area contributed by atoms with Crippen LogP contribution in [0.2, 0.25) is 0 Å². The molecule has 1 heterocycles. The lowest BCUT2D eigenvalue weighted by Gasteiger charge is -2.24. The van der Waals surface area contributed by atoms with Crippen LogP contribution >= 0.6 is 11.8 Å². The van der Waals surface area contributed by atoms with E-state index in [0.717, 1.165) is 27.3 Å². The molecule has 0 saturated heterocycles. The quantitative estimate of drug-likeness (QED) is 0.605. The van der Waals surface area contributed by atoms with Crippen LogP contribution in [0.25, 0.3) is 11.0 Å². The lowest BCUT2D eigenvalue weighted by atomic mass is 10.2. The van der Waals surface area contributed by atoms with Crippen molar-refractivity contribution in [3.05, 3.63) is 65.9 Å². The molecule has 1 amide bonds. The molecule has 3 aromatic rings. The molecule has 0 aliphatic carbocycles. The third-order valence-corrected chi connectivity index (χ3v) is 5.41. The van der Waals surface area contributed by atoms with E-state index in [4.69, 9.17) is 4.98 Å². The van der Waals surface area contributed by atoms with Crippen molar-refractivity contribution in [1.29, 1.82) is 0 Å². The zero-order valence-electron chi connectivity index (χ0n) is 15.3. The predicted octanol–water partition coefficient (Wildman–Crippen LogP) is 4.47. The maximum atomic E-state index is 12.9. The number of rotatable bonds is 6. The van der Waals surface area contributed by atoms with Crippen molar-refractivity contribution in [1.82, 2.24) is 14.9 Å². The van der Waals surface area contributed by atoms with Crippen LogP contribution in [0, 0.1) is 6.92 Å². The lowest BCUT2D eigenvalue weighted by Crippen LogP contribution is -2.36. The highest BCUT2D eigenvalue weighted by atomic mass is 32.2. The van der Waals surface area contributed by atoms with Crippen LogP contribution in [0.4, 0.5) is 0 Å². The molecule has 0 spiro atoms. The summed E-state index contributed by atoms with van der Waals surface area (Å²) >= 11 is 1.48. The molecular weight excluding hydrogens is 342 g/mol. The fourth-order valence-corrected chi connectivity index (χ4v) is 3.76. The van der Waals surface area contributed by atoms with Crippen molar-refractivity contribution in [3.63, 3.8) is 0 Å². The topological polar surface area (TPSA) is 46.1 Å². The number of aryl methyl sites for hydroxylation is 1. The number of para-hydroxylation sites is 2. The highest BCUT2D eigenvalue weighted by molar-refractivity contribution is 8.00. The number of fused-ring (bicyclic) bond motifs is 1. The molecule has 5 heteroatoms. The third kappa shape index (κ3) is 4.22. The first-order valence-corrected chi connectivity index (χ1v) is 9.69. The fraction of sp³-hybridized carbons (Fsp3) is 0.286. The molecule has 0 N–H and O–H groups in total. The summed E-state index contributed by atoms with van der Waals surface area (Å²) in [5.74, 6) is 0.121. The average Bonchev–Trinajstić information content (AvgIpc) is 2.67. The number of nitrogens with zero attached hydrogens (tertiary/aromatic N) is 3. The second kappa shape index (κ2) is 8.32. The van der Waals surface area contributed by atoms with Gasteiger partial charge in [0.15, 0.2) is 0 Å². The molecule has 0 aliphatic heterocycles. The monoisotopic (exact) mass is 365 g/mol. The zero-order valence-corrected chi connectivity index (χ0v) is 16.2. The van der Waals surface area contributed by atoms with E-state index in [2.05, 4.69) is 4.98 Å². The van der Waals surface area contributed by atoms with Crippen LogP contribution in [-0.4, -0.2) is 32.6 Å². The van der Waals surface area contributed by atoms with Crippen molar-refractivity contribution < 1.29 is 4.79 Å². The molecule has 0 bridgehead atoms. The standard InChI is InChI=1S/C21H23N3OS/c1-4-24(14-17-10-6-5-7-11-17)21(25)16(3)26-20-15(2)22-18-12-8-9-13-19(18)23-20/h5-13,16H,4,14H2,1-3H3. The van der Waals surface area contributed by atoms with E-state index in [0.29, 0.717) is 13.1 Å². The van der Waals surface area contributed by atoms with E-state index in [9.17, 15) is 4.79 Å². The third-order valence-electron chi connectivity index (χ3n) is 4.25. The average molecular weight is 366 g/mol. The number of thioether (sulfide) groups is 1. The second-order valence-corrected chi connectivity index (χ2v) is 7.53. The van der Waals surface area contributed by atoms with Gasteiger partial charge in [-0.15, -0.1) is 0 Å². The summed E-state index contributed by atoms with van der Waals surface area (Å²) < 4.78 is 0. The van der Waals surface area contributed by atoms with Gasteiger partial charge in [0.25, 0.3) is 0 Å². The molecule has 0 saturated carbocycles. The number of hydrogen-bond acceptors (Lipinski definition) is 4. The van der Waals surface area contributed by atoms with Crippen LogP contribution in [-0.2, 0) is 11.3 Å². The van der Waals surface area contributed by atoms with Gasteiger partial charge < -0.3 is 4.90 Å². The minimum Gasteiger partial charge on any atom is -0.338 e. The van der Waals surface area contributed by atoms with E-state index < -0.39 is 0 Å². The van der Waals surface area contributed by atoms with Gasteiger partial charge in [-0.3, -0.25) is 4.79 Å². The van der Waals surface area contributed by atoms with Crippen molar-refractivity contribution in [2.45, 2.75) is 37.6 Å². The Labute approximate surface area is 158 Å². The van der Waals surface area contributed by atoms with Gasteiger partial charge in [-0.05, 0) is 38.5 Å². The van der Waals surface area contributed by atoms with Crippen LogP contribution in [0.1, 0.15) is 25.1 Å². The molecule has 0 radical (unpaired) electrons. The number of benzene rings is 2. The molecule has 3 rings (SSSR count). The van der Waals surface area contributed by atoms with Gasteiger partial charge in [-0.1, -0.05) is 54.2 Å². The first kappa shape index (κ1) is 18.4. The van der Waals surface area contributed by atoms with E-state index >= 15 is 0 Å². The fourth-order valence-electron chi connectivity index (χ4n) is 2.81. The molecule has 1 atom stereocenters. The first-order valence-electron chi connectivity index (χ1n) is 8.81. The number of amides is 1. The number of carbonyl (C=O) groups excluding carboxylic acids is 1. The highest BCUT2D eigenvalue weighted by Crippen LogP contribution is 2.27. The lowest BCUT2D eigenvalue weighted by molar-refractivity contribution is -0.130. The summed E-state index contributed by atoms with van der Waals surface area (Å²) in [6.45, 7) is 7.21. The minimum atomic E-state index is -0.215. The predicted molar refractivity (Wildman–Crippen MR) is 107 cm³/mol. The number of aromatic nitrogens is 2. The second-order valence-electron chi connectivity index (χ2n) is 6.20. The summed E-state index contributed by atoms with van der Waals surface area (Å²) in [5, 5.41) is 0.605. The Kier molecular flexibility index (Phi) is 5.89. The van der Waals surface area contributed by atoms with Gasteiger partial charge in [0.1, 0.15) is 5.03 Å². The Hall–Kier alpha value is -2.40. The van der Waals surface area contributed by atoms with E-state index in [1.807, 2.05) is 80.3 Å². The number of carbonyl (C=O) groups is 1. The Balaban J connectivity index is 1.74. The normalized spacial score (nSPS) is 12.1. The molecule has 0 aliphatic rings. The van der Waals surface area contributed by atoms with Gasteiger partial charge in [0.05, 0.1) is 22.0 Å². The molecule has 4 nitrogen and oxygen atoms in total. The largest absolute Gasteiger partial charge is 0.338 e. The summed E-state index contributed by atoms with van der Waals surface area (Å²) in [4.78, 5) is 24.1. The molecule has 1 aromatic heterocycles. The van der Waals surface area contributed by atoms with Crippen LogP contribution in [0.5, 0.6) is 0 Å². The van der Waals surface area contributed by atoms with Crippen molar-refractivity contribution in [3.8, 4) is 0 Å². The Morgan fingerprint density at radius 3 is 2.31 bits per heavy atom. The van der Waals surface area contributed by atoms with Crippen LogP contribution in [0.3, 0.4) is 0 Å². The molecular formula is C21H23N3OS. The Bertz CT molecular complexity index is 898. The van der Waals surface area contributed by atoms with Gasteiger partial charge in [0.2, 0.25) is 5.91 Å². The summed E-state index contributed by atoms with van der Waals surface area (Å²) in [6, 6.07) is 17.9. The minimum absolute atomic E-state index is 0.121. The Morgan fingerprint density at radius 2 is 1.65 bits per heavy atom. The molecule has 134 valence electrons. The molecule has 2 aromatic carbocycles. The smallest absolute Gasteiger partial charge is 0.236 e. The maximum absolute atomic E-state index is 12.9. The van der Waals surface area contributed by atoms with E-state index in [1.54, 1.807) is 0 Å². The first-order chi connectivity index (χ1) is 12.6. The summed E-state index contributed by atoms with van der Waals surface area (Å²) in [6.07, 6.45) is 0. The molecule has 26 heavy (non-hydrogen) atoms. The molecule has 1 unspecified atom stereocenters. The summed E-state index contributed by atoms with van der Waals surface area (Å²) in [7, 11) is 0.